The molecule has 0 spiro atoms. The summed E-state index contributed by atoms with van der Waals surface area (Å²) in [6.07, 6.45) is 0.878. The molecule has 0 aliphatic heterocycles. The van der Waals surface area contributed by atoms with Gasteiger partial charge in [-0.2, -0.15) is 0 Å². The first kappa shape index (κ1) is 17.3. The summed E-state index contributed by atoms with van der Waals surface area (Å²) in [5.74, 6) is 0.902. The van der Waals surface area contributed by atoms with Crippen molar-refractivity contribution in [2.75, 3.05) is 33.5 Å². The summed E-state index contributed by atoms with van der Waals surface area (Å²) in [6, 6.07) is 3.66. The molecular formula is C15H24N2O4. The number of rotatable bonds is 9. The molecule has 0 atom stereocenters. The van der Waals surface area contributed by atoms with Crippen molar-refractivity contribution in [3.8, 4) is 5.75 Å². The van der Waals surface area contributed by atoms with Gasteiger partial charge in [0.25, 0.3) is 0 Å². The molecular weight excluding hydrogens is 272 g/mol. The normalized spacial score (nSPS) is 11.7. The van der Waals surface area contributed by atoms with Crippen LogP contribution in [0.4, 0.5) is 0 Å². The summed E-state index contributed by atoms with van der Waals surface area (Å²) >= 11 is 0. The number of hydrogen-bond donors (Lipinski definition) is 2. The fourth-order valence-electron chi connectivity index (χ4n) is 1.99. The smallest absolute Gasteiger partial charge is 0.170 e. The van der Waals surface area contributed by atoms with Crippen molar-refractivity contribution in [1.82, 2.24) is 0 Å². The van der Waals surface area contributed by atoms with Crippen LogP contribution < -0.4 is 10.5 Å². The molecule has 6 nitrogen and oxygen atoms in total. The fraction of sp³-hybridized carbons (Fsp3) is 0.533. The van der Waals surface area contributed by atoms with Gasteiger partial charge in [-0.15, -0.1) is 0 Å². The summed E-state index contributed by atoms with van der Waals surface area (Å²) in [6.45, 7) is 6.24. The lowest BCUT2D eigenvalue weighted by molar-refractivity contribution is 0.0803. The Labute approximate surface area is 125 Å². The van der Waals surface area contributed by atoms with E-state index in [1.54, 1.807) is 7.11 Å². The van der Waals surface area contributed by atoms with Crippen molar-refractivity contribution >= 4 is 5.84 Å². The van der Waals surface area contributed by atoms with E-state index < -0.39 is 0 Å². The number of nitrogens with two attached hydrogens (primary N) is 1. The summed E-state index contributed by atoms with van der Waals surface area (Å²) in [5, 5.41) is 11.7. The zero-order valence-corrected chi connectivity index (χ0v) is 12.9. The van der Waals surface area contributed by atoms with Crippen LogP contribution in [0.3, 0.4) is 0 Å². The van der Waals surface area contributed by atoms with Gasteiger partial charge in [-0.25, -0.2) is 0 Å². The van der Waals surface area contributed by atoms with E-state index in [0.717, 1.165) is 23.3 Å². The van der Waals surface area contributed by atoms with Gasteiger partial charge in [-0.05, 0) is 43.5 Å². The van der Waals surface area contributed by atoms with Crippen molar-refractivity contribution < 1.29 is 19.4 Å². The van der Waals surface area contributed by atoms with Crippen LogP contribution in [0.5, 0.6) is 5.75 Å². The van der Waals surface area contributed by atoms with Crippen molar-refractivity contribution in [3.63, 3.8) is 0 Å². The largest absolute Gasteiger partial charge is 0.491 e. The number of amidine groups is 1. The minimum atomic E-state index is 0.0919. The molecule has 0 saturated carbocycles. The van der Waals surface area contributed by atoms with Gasteiger partial charge in [0.2, 0.25) is 0 Å². The molecule has 0 aliphatic carbocycles. The highest BCUT2D eigenvalue weighted by Gasteiger charge is 2.09. The predicted molar refractivity (Wildman–Crippen MR) is 81.2 cm³/mol. The van der Waals surface area contributed by atoms with Gasteiger partial charge < -0.3 is 25.2 Å². The number of benzene rings is 1. The summed E-state index contributed by atoms with van der Waals surface area (Å²) in [4.78, 5) is 0. The minimum Gasteiger partial charge on any atom is -0.491 e. The van der Waals surface area contributed by atoms with Gasteiger partial charge in [0, 0.05) is 25.9 Å². The Balaban J connectivity index is 2.49. The maximum absolute atomic E-state index is 8.71. The van der Waals surface area contributed by atoms with Crippen molar-refractivity contribution in [2.45, 2.75) is 20.3 Å². The Morgan fingerprint density at radius 1 is 1.14 bits per heavy atom. The molecule has 1 rings (SSSR count). The molecule has 1 aromatic carbocycles. The molecule has 118 valence electrons. The molecule has 0 radical (unpaired) electrons. The predicted octanol–water partition coefficient (Wildman–Crippen LogP) is 1.83. The molecule has 6 heteroatoms. The van der Waals surface area contributed by atoms with Crippen LogP contribution in [0.25, 0.3) is 0 Å². The Morgan fingerprint density at radius 2 is 1.81 bits per heavy atom. The average Bonchev–Trinajstić information content (AvgIpc) is 2.47. The number of nitrogens with zero attached hydrogens (tertiary/aromatic N) is 1. The maximum Gasteiger partial charge on any atom is 0.170 e. The first-order valence-corrected chi connectivity index (χ1v) is 6.88. The van der Waals surface area contributed by atoms with E-state index in [-0.39, 0.29) is 5.84 Å². The lowest BCUT2D eigenvalue weighted by Gasteiger charge is -2.14. The average molecular weight is 296 g/mol. The van der Waals surface area contributed by atoms with Gasteiger partial charge in [-0.1, -0.05) is 5.16 Å². The van der Waals surface area contributed by atoms with Crippen LogP contribution in [0.1, 0.15) is 23.1 Å². The third-order valence-corrected chi connectivity index (χ3v) is 2.98. The Hall–Kier alpha value is -1.79. The van der Waals surface area contributed by atoms with Crippen LogP contribution in [0, 0.1) is 13.8 Å². The molecule has 3 N–H and O–H groups in total. The highest BCUT2D eigenvalue weighted by molar-refractivity contribution is 5.97. The van der Waals surface area contributed by atoms with E-state index in [1.807, 2.05) is 26.0 Å². The monoisotopic (exact) mass is 296 g/mol. The first-order valence-electron chi connectivity index (χ1n) is 6.88. The Bertz CT molecular complexity index is 452. The van der Waals surface area contributed by atoms with Gasteiger partial charge in [0.1, 0.15) is 12.4 Å². The van der Waals surface area contributed by atoms with Crippen LogP contribution in [0.2, 0.25) is 0 Å². The van der Waals surface area contributed by atoms with Crippen molar-refractivity contribution in [1.29, 1.82) is 0 Å². The molecule has 0 aromatic heterocycles. The van der Waals surface area contributed by atoms with E-state index in [0.29, 0.717) is 32.0 Å². The van der Waals surface area contributed by atoms with Gasteiger partial charge >= 0.3 is 0 Å². The number of aryl methyl sites for hydroxylation is 2. The molecule has 0 bridgehead atoms. The van der Waals surface area contributed by atoms with E-state index >= 15 is 0 Å². The quantitative estimate of drug-likeness (QED) is 0.239. The molecule has 0 unspecified atom stereocenters. The Morgan fingerprint density at radius 3 is 2.38 bits per heavy atom. The second-order valence-electron chi connectivity index (χ2n) is 4.73. The zero-order valence-electron chi connectivity index (χ0n) is 12.9. The second-order valence-corrected chi connectivity index (χ2v) is 4.73. The highest BCUT2D eigenvalue weighted by atomic mass is 16.5. The van der Waals surface area contributed by atoms with Gasteiger partial charge in [-0.3, -0.25) is 0 Å². The molecule has 0 aliphatic rings. The number of methoxy groups -OCH3 is 1. The molecule has 0 saturated heterocycles. The molecule has 0 amide bonds. The SMILES string of the molecule is COCCCOCCOc1c(C)cc(C(N)=NO)cc1C. The number of oxime groups is 1. The second kappa shape index (κ2) is 9.20. The molecule has 0 heterocycles. The third kappa shape index (κ3) is 5.61. The fourth-order valence-corrected chi connectivity index (χ4v) is 1.99. The number of ether oxygens (including phenoxy) is 3. The topological polar surface area (TPSA) is 86.3 Å². The van der Waals surface area contributed by atoms with Crippen LogP contribution in [-0.4, -0.2) is 44.6 Å². The summed E-state index contributed by atoms with van der Waals surface area (Å²) in [5.41, 5.74) is 8.15. The summed E-state index contributed by atoms with van der Waals surface area (Å²) in [7, 11) is 1.67. The van der Waals surface area contributed by atoms with E-state index in [2.05, 4.69) is 5.16 Å². The third-order valence-electron chi connectivity index (χ3n) is 2.98. The highest BCUT2D eigenvalue weighted by Crippen LogP contribution is 2.24. The van der Waals surface area contributed by atoms with Crippen molar-refractivity contribution in [2.24, 2.45) is 10.9 Å². The van der Waals surface area contributed by atoms with E-state index in [4.69, 9.17) is 25.2 Å². The van der Waals surface area contributed by atoms with Crippen LogP contribution >= 0.6 is 0 Å². The molecule has 1 aromatic rings. The molecule has 0 fully saturated rings. The van der Waals surface area contributed by atoms with Gasteiger partial charge in [0.15, 0.2) is 5.84 Å². The minimum absolute atomic E-state index is 0.0919. The summed E-state index contributed by atoms with van der Waals surface area (Å²) < 4.78 is 16.1. The zero-order chi connectivity index (χ0) is 15.7. The van der Waals surface area contributed by atoms with Crippen LogP contribution in [-0.2, 0) is 9.47 Å². The lowest BCUT2D eigenvalue weighted by atomic mass is 10.1. The van der Waals surface area contributed by atoms with Crippen molar-refractivity contribution in [3.05, 3.63) is 28.8 Å². The number of hydrogen-bond acceptors (Lipinski definition) is 5. The van der Waals surface area contributed by atoms with E-state index in [1.165, 1.54) is 0 Å². The maximum atomic E-state index is 8.71. The van der Waals surface area contributed by atoms with Crippen LogP contribution in [0.15, 0.2) is 17.3 Å². The molecule has 21 heavy (non-hydrogen) atoms. The first-order chi connectivity index (χ1) is 10.1. The lowest BCUT2D eigenvalue weighted by Crippen LogP contribution is -2.14. The van der Waals surface area contributed by atoms with E-state index in [9.17, 15) is 0 Å². The standard InChI is InChI=1S/C15H24N2O4/c1-11-9-13(15(16)17-18)10-12(2)14(11)21-8-7-20-6-4-5-19-3/h9-10,18H,4-8H2,1-3H3,(H2,16,17). The Kier molecular flexibility index (Phi) is 7.56. The van der Waals surface area contributed by atoms with Gasteiger partial charge in [0.05, 0.1) is 6.61 Å².